The minimum atomic E-state index is -0.0331. The summed E-state index contributed by atoms with van der Waals surface area (Å²) in [4.78, 5) is 4.43. The molecule has 0 radical (unpaired) electrons. The Morgan fingerprint density at radius 3 is 2.79 bits per heavy atom. The predicted molar refractivity (Wildman–Crippen MR) is 76.5 cm³/mol. The zero-order chi connectivity index (χ0) is 13.6. The molecular formula is C15H20N2O2. The molecule has 0 saturated carbocycles. The van der Waals surface area contributed by atoms with Crippen LogP contribution in [0, 0.1) is 0 Å². The van der Waals surface area contributed by atoms with Gasteiger partial charge in [-0.2, -0.15) is 0 Å². The van der Waals surface area contributed by atoms with E-state index < -0.39 is 0 Å². The van der Waals surface area contributed by atoms with Gasteiger partial charge in [0.15, 0.2) is 0 Å². The first-order valence-corrected chi connectivity index (χ1v) is 6.64. The number of furan rings is 1. The van der Waals surface area contributed by atoms with E-state index in [-0.39, 0.29) is 6.61 Å². The number of aliphatic hydroxyl groups excluding tert-OH is 1. The van der Waals surface area contributed by atoms with Crippen LogP contribution < -0.4 is 4.90 Å². The van der Waals surface area contributed by atoms with Gasteiger partial charge in [0, 0.05) is 43.8 Å². The van der Waals surface area contributed by atoms with Crippen molar-refractivity contribution in [3.63, 3.8) is 0 Å². The Morgan fingerprint density at radius 2 is 2.11 bits per heavy atom. The molecule has 0 amide bonds. The number of rotatable bonds is 2. The molecule has 2 aromatic rings. The molecule has 2 heterocycles. The lowest BCUT2D eigenvalue weighted by Crippen LogP contribution is -2.19. The molecule has 4 nitrogen and oxygen atoms in total. The third-order valence-electron chi connectivity index (χ3n) is 3.92. The van der Waals surface area contributed by atoms with Gasteiger partial charge in [0.2, 0.25) is 0 Å². The predicted octanol–water partition coefficient (Wildman–Crippen LogP) is 1.98. The number of hydrogen-bond acceptors (Lipinski definition) is 4. The van der Waals surface area contributed by atoms with Crippen LogP contribution in [0.15, 0.2) is 16.5 Å². The molecule has 0 saturated heterocycles. The third-order valence-corrected chi connectivity index (χ3v) is 3.92. The summed E-state index contributed by atoms with van der Waals surface area (Å²) >= 11 is 0. The maximum atomic E-state index is 9.50. The van der Waals surface area contributed by atoms with Crippen LogP contribution in [0.5, 0.6) is 0 Å². The number of benzene rings is 1. The Hall–Kier alpha value is -1.52. The van der Waals surface area contributed by atoms with Crippen LogP contribution in [0.4, 0.5) is 5.69 Å². The van der Waals surface area contributed by atoms with Crippen molar-refractivity contribution in [3.05, 3.63) is 29.0 Å². The maximum Gasteiger partial charge on any atom is 0.135 e. The Kier molecular flexibility index (Phi) is 2.99. The van der Waals surface area contributed by atoms with E-state index in [9.17, 15) is 5.11 Å². The van der Waals surface area contributed by atoms with Crippen LogP contribution in [0.2, 0.25) is 0 Å². The van der Waals surface area contributed by atoms with Gasteiger partial charge in [0.05, 0.1) is 0 Å². The number of nitrogens with zero attached hydrogens (tertiary/aromatic N) is 2. The molecule has 1 aliphatic rings. The summed E-state index contributed by atoms with van der Waals surface area (Å²) in [6.07, 6.45) is 1.01. The average Bonchev–Trinajstić information content (AvgIpc) is 2.63. The molecule has 19 heavy (non-hydrogen) atoms. The zero-order valence-corrected chi connectivity index (χ0v) is 11.7. The van der Waals surface area contributed by atoms with E-state index in [1.807, 2.05) is 6.07 Å². The van der Waals surface area contributed by atoms with Gasteiger partial charge in [0.25, 0.3) is 0 Å². The molecule has 0 spiro atoms. The second kappa shape index (κ2) is 4.54. The van der Waals surface area contributed by atoms with Gasteiger partial charge in [-0.05, 0) is 31.2 Å². The molecule has 1 aromatic carbocycles. The standard InChI is InChI=1S/C15H20N2O2/c1-16(2)12-4-5-13-15-10(12)6-7-17(3)8-11(15)14(9-18)19-13/h4-5,18H,6-9H2,1-3H3. The van der Waals surface area contributed by atoms with E-state index in [1.165, 1.54) is 16.6 Å². The second-order valence-electron chi connectivity index (χ2n) is 5.48. The van der Waals surface area contributed by atoms with Crippen molar-refractivity contribution >= 4 is 16.7 Å². The van der Waals surface area contributed by atoms with Gasteiger partial charge < -0.3 is 19.3 Å². The highest BCUT2D eigenvalue weighted by Crippen LogP contribution is 2.37. The Labute approximate surface area is 113 Å². The van der Waals surface area contributed by atoms with Crippen LogP contribution in [-0.4, -0.2) is 37.7 Å². The summed E-state index contributed by atoms with van der Waals surface area (Å²) in [7, 11) is 6.25. The minimum absolute atomic E-state index is 0.0331. The molecule has 0 atom stereocenters. The fourth-order valence-electron chi connectivity index (χ4n) is 2.98. The first-order chi connectivity index (χ1) is 9.11. The molecular weight excluding hydrogens is 240 g/mol. The van der Waals surface area contributed by atoms with E-state index in [0.717, 1.165) is 30.7 Å². The van der Waals surface area contributed by atoms with Crippen LogP contribution in [0.25, 0.3) is 11.0 Å². The monoisotopic (exact) mass is 260 g/mol. The van der Waals surface area contributed by atoms with Gasteiger partial charge >= 0.3 is 0 Å². The Balaban J connectivity index is 2.33. The molecule has 0 unspecified atom stereocenters. The highest BCUT2D eigenvalue weighted by atomic mass is 16.4. The van der Waals surface area contributed by atoms with Gasteiger partial charge in [0.1, 0.15) is 18.0 Å². The molecule has 1 aromatic heterocycles. The highest BCUT2D eigenvalue weighted by molar-refractivity contribution is 5.90. The van der Waals surface area contributed by atoms with Gasteiger partial charge in [-0.25, -0.2) is 0 Å². The Morgan fingerprint density at radius 1 is 1.32 bits per heavy atom. The summed E-state index contributed by atoms with van der Waals surface area (Å²) in [6, 6.07) is 4.12. The third kappa shape index (κ3) is 1.91. The quantitative estimate of drug-likeness (QED) is 0.896. The molecule has 3 rings (SSSR count). The van der Waals surface area contributed by atoms with Gasteiger partial charge in [-0.1, -0.05) is 0 Å². The largest absolute Gasteiger partial charge is 0.458 e. The second-order valence-corrected chi connectivity index (χ2v) is 5.48. The fourth-order valence-corrected chi connectivity index (χ4v) is 2.98. The van der Waals surface area contributed by atoms with E-state index in [4.69, 9.17) is 4.42 Å². The Bertz CT molecular complexity index is 616. The minimum Gasteiger partial charge on any atom is -0.458 e. The van der Waals surface area contributed by atoms with Crippen LogP contribution in [0.3, 0.4) is 0 Å². The number of likely N-dealkylation sites (N-methyl/N-ethyl adjacent to an activating group) is 1. The van der Waals surface area contributed by atoms with E-state index in [1.54, 1.807) is 0 Å². The van der Waals surface area contributed by atoms with Crippen LogP contribution >= 0.6 is 0 Å². The molecule has 0 bridgehead atoms. The van der Waals surface area contributed by atoms with Gasteiger partial charge in [-0.3, -0.25) is 0 Å². The first kappa shape index (κ1) is 12.5. The molecule has 1 aliphatic heterocycles. The lowest BCUT2D eigenvalue weighted by Gasteiger charge is -2.18. The van der Waals surface area contributed by atoms with Crippen LogP contribution in [0.1, 0.15) is 16.9 Å². The first-order valence-electron chi connectivity index (χ1n) is 6.64. The molecule has 0 fully saturated rings. The maximum absolute atomic E-state index is 9.50. The van der Waals surface area contributed by atoms with Crippen molar-refractivity contribution in [1.29, 1.82) is 0 Å². The molecule has 4 heteroatoms. The molecule has 0 aliphatic carbocycles. The summed E-state index contributed by atoms with van der Waals surface area (Å²) in [5.74, 6) is 0.709. The number of anilines is 1. The van der Waals surface area contributed by atoms with Gasteiger partial charge in [-0.15, -0.1) is 0 Å². The van der Waals surface area contributed by atoms with Crippen molar-refractivity contribution in [2.75, 3.05) is 32.6 Å². The van der Waals surface area contributed by atoms with Crippen molar-refractivity contribution in [3.8, 4) is 0 Å². The summed E-state index contributed by atoms with van der Waals surface area (Å²) < 4.78 is 5.80. The zero-order valence-electron chi connectivity index (χ0n) is 11.7. The lowest BCUT2D eigenvalue weighted by atomic mass is 10.0. The van der Waals surface area contributed by atoms with Crippen molar-refractivity contribution < 1.29 is 9.52 Å². The number of hydrogen-bond donors (Lipinski definition) is 1. The smallest absolute Gasteiger partial charge is 0.135 e. The molecule has 102 valence electrons. The summed E-state index contributed by atoms with van der Waals surface area (Å²) in [5, 5.41) is 10.7. The SMILES string of the molecule is CN1CCc2c(N(C)C)ccc3oc(CO)c(c23)C1. The highest BCUT2D eigenvalue weighted by Gasteiger charge is 2.23. The van der Waals surface area contributed by atoms with Crippen molar-refractivity contribution in [2.24, 2.45) is 0 Å². The summed E-state index contributed by atoms with van der Waals surface area (Å²) in [5.41, 5.74) is 4.63. The fraction of sp³-hybridized carbons (Fsp3) is 0.467. The van der Waals surface area contributed by atoms with E-state index in [0.29, 0.717) is 5.76 Å². The van der Waals surface area contributed by atoms with Crippen molar-refractivity contribution in [2.45, 2.75) is 19.6 Å². The molecule has 1 N–H and O–H groups in total. The van der Waals surface area contributed by atoms with E-state index in [2.05, 4.69) is 37.0 Å². The van der Waals surface area contributed by atoms with Crippen molar-refractivity contribution in [1.82, 2.24) is 4.90 Å². The van der Waals surface area contributed by atoms with Crippen LogP contribution in [-0.2, 0) is 19.6 Å². The number of aliphatic hydroxyl groups is 1. The average molecular weight is 260 g/mol. The summed E-state index contributed by atoms with van der Waals surface area (Å²) in [6.45, 7) is 1.83. The normalized spacial score (nSPS) is 15.8. The lowest BCUT2D eigenvalue weighted by molar-refractivity contribution is 0.244. The van der Waals surface area contributed by atoms with E-state index >= 15 is 0 Å². The topological polar surface area (TPSA) is 39.9 Å².